The predicted octanol–water partition coefficient (Wildman–Crippen LogP) is 3.43. The molecule has 110 valence electrons. The van der Waals surface area contributed by atoms with E-state index in [2.05, 4.69) is 5.32 Å². The summed E-state index contributed by atoms with van der Waals surface area (Å²) in [5.41, 5.74) is 1.88. The number of carbonyl (C=O) groups is 1. The lowest BCUT2D eigenvalue weighted by Crippen LogP contribution is -2.21. The summed E-state index contributed by atoms with van der Waals surface area (Å²) in [7, 11) is 0. The first-order valence-electron chi connectivity index (χ1n) is 6.90. The smallest absolute Gasteiger partial charge is 0.219 e. The summed E-state index contributed by atoms with van der Waals surface area (Å²) >= 11 is 0. The fraction of sp³-hybridized carbons (Fsp3) is 0.235. The molecule has 0 heterocycles. The summed E-state index contributed by atoms with van der Waals surface area (Å²) in [5.74, 6) is 0.489. The van der Waals surface area contributed by atoms with Gasteiger partial charge < -0.3 is 10.1 Å². The highest BCUT2D eigenvalue weighted by atomic mass is 19.1. The van der Waals surface area contributed by atoms with Crippen LogP contribution in [0, 0.1) is 5.82 Å². The maximum Gasteiger partial charge on any atom is 0.219 e. The molecule has 0 aliphatic rings. The number of hydrogen-bond acceptors (Lipinski definition) is 2. The predicted molar refractivity (Wildman–Crippen MR) is 79.3 cm³/mol. The van der Waals surface area contributed by atoms with Crippen molar-refractivity contribution in [2.24, 2.45) is 0 Å². The Morgan fingerprint density at radius 1 is 1.14 bits per heavy atom. The molecule has 0 aromatic heterocycles. The van der Waals surface area contributed by atoms with Crippen LogP contribution in [-0.4, -0.2) is 5.91 Å². The van der Waals surface area contributed by atoms with Crippen molar-refractivity contribution in [1.82, 2.24) is 5.32 Å². The number of carbonyl (C=O) groups excluding carboxylic acids is 1. The van der Waals surface area contributed by atoms with Gasteiger partial charge in [0.05, 0.1) is 0 Å². The molecule has 0 atom stereocenters. The molecule has 2 aromatic carbocycles. The molecule has 0 aliphatic heterocycles. The van der Waals surface area contributed by atoms with E-state index in [9.17, 15) is 9.18 Å². The van der Waals surface area contributed by atoms with E-state index in [1.54, 1.807) is 12.1 Å². The zero-order chi connectivity index (χ0) is 15.1. The summed E-state index contributed by atoms with van der Waals surface area (Å²) in [4.78, 5) is 11.2. The molecule has 21 heavy (non-hydrogen) atoms. The van der Waals surface area contributed by atoms with E-state index < -0.39 is 0 Å². The molecular formula is C17H18FNO2. The molecule has 0 unspecified atom stereocenters. The van der Waals surface area contributed by atoms with E-state index >= 15 is 0 Å². The minimum absolute atomic E-state index is 0.0210. The number of hydrogen-bond donors (Lipinski definition) is 1. The molecule has 0 spiro atoms. The van der Waals surface area contributed by atoms with E-state index in [0.717, 1.165) is 16.9 Å². The maximum atomic E-state index is 12.8. The molecule has 0 aliphatic carbocycles. The van der Waals surface area contributed by atoms with Crippen molar-refractivity contribution in [2.45, 2.75) is 26.5 Å². The lowest BCUT2D eigenvalue weighted by Gasteiger charge is -2.09. The van der Waals surface area contributed by atoms with Gasteiger partial charge in [-0.25, -0.2) is 4.39 Å². The Balaban J connectivity index is 1.91. The fourth-order valence-electron chi connectivity index (χ4n) is 1.82. The highest BCUT2D eigenvalue weighted by Crippen LogP contribution is 2.15. The molecule has 3 nitrogen and oxygen atoms in total. The molecule has 1 N–H and O–H groups in total. The molecule has 4 heteroatoms. The number of halogens is 1. The van der Waals surface area contributed by atoms with Crippen molar-refractivity contribution in [3.05, 3.63) is 65.5 Å². The lowest BCUT2D eigenvalue weighted by molar-refractivity contribution is -0.120. The Morgan fingerprint density at radius 2 is 1.90 bits per heavy atom. The van der Waals surface area contributed by atoms with Gasteiger partial charge in [-0.1, -0.05) is 31.2 Å². The molecule has 0 saturated heterocycles. The Bertz CT molecular complexity index is 596. The first-order chi connectivity index (χ1) is 10.2. The van der Waals surface area contributed by atoms with Crippen LogP contribution >= 0.6 is 0 Å². The average Bonchev–Trinajstić information content (AvgIpc) is 2.52. The third kappa shape index (κ3) is 4.91. The number of amides is 1. The fourth-order valence-corrected chi connectivity index (χ4v) is 1.82. The summed E-state index contributed by atoms with van der Waals surface area (Å²) in [6, 6.07) is 13.8. The summed E-state index contributed by atoms with van der Waals surface area (Å²) < 4.78 is 18.5. The minimum Gasteiger partial charge on any atom is -0.489 e. The molecular weight excluding hydrogens is 269 g/mol. The Hall–Kier alpha value is -2.36. The standard InChI is InChI=1S/C17H18FNO2/c1-2-17(20)19-11-14-4-3-5-16(10-14)21-12-13-6-8-15(18)9-7-13/h3-10H,2,11-12H2,1H3,(H,19,20). The van der Waals surface area contributed by atoms with Crippen molar-refractivity contribution in [2.75, 3.05) is 0 Å². The highest BCUT2D eigenvalue weighted by Gasteiger charge is 2.01. The third-order valence-electron chi connectivity index (χ3n) is 3.03. The second kappa shape index (κ2) is 7.43. The maximum absolute atomic E-state index is 12.8. The van der Waals surface area contributed by atoms with Crippen LogP contribution < -0.4 is 10.1 Å². The molecule has 2 aromatic rings. The van der Waals surface area contributed by atoms with Gasteiger partial charge in [-0.3, -0.25) is 4.79 Å². The molecule has 1 amide bonds. The molecule has 0 fully saturated rings. The zero-order valence-corrected chi connectivity index (χ0v) is 11.9. The Morgan fingerprint density at radius 3 is 2.62 bits per heavy atom. The van der Waals surface area contributed by atoms with Gasteiger partial charge in [-0.05, 0) is 35.4 Å². The van der Waals surface area contributed by atoms with Gasteiger partial charge in [0.25, 0.3) is 0 Å². The molecule has 0 saturated carbocycles. The lowest BCUT2D eigenvalue weighted by atomic mass is 10.2. The molecule has 0 radical (unpaired) electrons. The van der Waals surface area contributed by atoms with Gasteiger partial charge in [-0.15, -0.1) is 0 Å². The van der Waals surface area contributed by atoms with Gasteiger partial charge in [0.15, 0.2) is 0 Å². The Kier molecular flexibility index (Phi) is 5.32. The van der Waals surface area contributed by atoms with Gasteiger partial charge in [0, 0.05) is 13.0 Å². The Labute approximate surface area is 123 Å². The van der Waals surface area contributed by atoms with E-state index in [0.29, 0.717) is 19.6 Å². The van der Waals surface area contributed by atoms with E-state index in [1.165, 1.54) is 12.1 Å². The number of nitrogens with one attached hydrogen (secondary N) is 1. The van der Waals surface area contributed by atoms with Crippen molar-refractivity contribution < 1.29 is 13.9 Å². The SMILES string of the molecule is CCC(=O)NCc1cccc(OCc2ccc(F)cc2)c1. The molecule has 0 bridgehead atoms. The third-order valence-corrected chi connectivity index (χ3v) is 3.03. The second-order valence-electron chi connectivity index (χ2n) is 4.69. The quantitative estimate of drug-likeness (QED) is 0.884. The average molecular weight is 287 g/mol. The van der Waals surface area contributed by atoms with Crippen LogP contribution in [0.25, 0.3) is 0 Å². The van der Waals surface area contributed by atoms with Crippen molar-refractivity contribution in [3.63, 3.8) is 0 Å². The van der Waals surface area contributed by atoms with Crippen molar-refractivity contribution in [3.8, 4) is 5.75 Å². The van der Waals surface area contributed by atoms with E-state index in [4.69, 9.17) is 4.74 Å². The minimum atomic E-state index is -0.257. The van der Waals surface area contributed by atoms with Crippen LogP contribution in [-0.2, 0) is 17.9 Å². The normalized spacial score (nSPS) is 10.2. The van der Waals surface area contributed by atoms with Crippen LogP contribution in [0.3, 0.4) is 0 Å². The van der Waals surface area contributed by atoms with E-state index in [1.807, 2.05) is 31.2 Å². The van der Waals surface area contributed by atoms with Gasteiger partial charge in [0.2, 0.25) is 5.91 Å². The van der Waals surface area contributed by atoms with Crippen LogP contribution in [0.1, 0.15) is 24.5 Å². The largest absolute Gasteiger partial charge is 0.489 e. The first-order valence-corrected chi connectivity index (χ1v) is 6.90. The number of benzene rings is 2. The number of rotatable bonds is 6. The second-order valence-corrected chi connectivity index (χ2v) is 4.69. The zero-order valence-electron chi connectivity index (χ0n) is 11.9. The van der Waals surface area contributed by atoms with Crippen molar-refractivity contribution >= 4 is 5.91 Å². The first kappa shape index (κ1) is 15.0. The summed E-state index contributed by atoms with van der Waals surface area (Å²) in [6.45, 7) is 2.68. The monoisotopic (exact) mass is 287 g/mol. The van der Waals surface area contributed by atoms with Crippen molar-refractivity contribution in [1.29, 1.82) is 0 Å². The van der Waals surface area contributed by atoms with Crippen LogP contribution in [0.4, 0.5) is 4.39 Å². The van der Waals surface area contributed by atoms with Gasteiger partial charge in [-0.2, -0.15) is 0 Å². The van der Waals surface area contributed by atoms with Crippen LogP contribution in [0.5, 0.6) is 5.75 Å². The van der Waals surface area contributed by atoms with Crippen LogP contribution in [0.15, 0.2) is 48.5 Å². The highest BCUT2D eigenvalue weighted by molar-refractivity contribution is 5.75. The topological polar surface area (TPSA) is 38.3 Å². The van der Waals surface area contributed by atoms with Gasteiger partial charge in [0.1, 0.15) is 18.2 Å². The number of ether oxygens (including phenoxy) is 1. The summed E-state index contributed by atoms with van der Waals surface area (Å²) in [5, 5.41) is 2.82. The van der Waals surface area contributed by atoms with Gasteiger partial charge >= 0.3 is 0 Å². The van der Waals surface area contributed by atoms with Crippen LogP contribution in [0.2, 0.25) is 0 Å². The van der Waals surface area contributed by atoms with E-state index in [-0.39, 0.29) is 11.7 Å². The molecule has 2 rings (SSSR count). The summed E-state index contributed by atoms with van der Waals surface area (Å²) in [6.07, 6.45) is 0.473.